The molecule has 8 nitrogen and oxygen atoms in total. The molecule has 0 saturated carbocycles. The van der Waals surface area contributed by atoms with Crippen molar-refractivity contribution >= 4 is 34.9 Å². The Labute approximate surface area is 193 Å². The van der Waals surface area contributed by atoms with Crippen LogP contribution in [0.3, 0.4) is 0 Å². The summed E-state index contributed by atoms with van der Waals surface area (Å²) in [7, 11) is 4.70. The van der Waals surface area contributed by atoms with Crippen molar-refractivity contribution in [2.24, 2.45) is 5.92 Å². The number of hydrogen-bond donors (Lipinski definition) is 1. The summed E-state index contributed by atoms with van der Waals surface area (Å²) in [5, 5.41) is 3.88. The van der Waals surface area contributed by atoms with Crippen LogP contribution in [0.4, 0.5) is 23.3 Å². The molecule has 3 rings (SSSR count). The van der Waals surface area contributed by atoms with Crippen LogP contribution in [0.25, 0.3) is 0 Å². The van der Waals surface area contributed by atoms with Gasteiger partial charge >= 0.3 is 0 Å². The van der Waals surface area contributed by atoms with Crippen molar-refractivity contribution in [2.45, 2.75) is 20.3 Å². The lowest BCUT2D eigenvalue weighted by atomic mass is 10.1. The highest BCUT2D eigenvalue weighted by Crippen LogP contribution is 2.40. The standard InChI is InChI=1S/C23H28ClN5O3/c1-15(2)10-11-29(18-8-6-16(24)7-9-18)23-26-14-25-22(28-23)27-17-12-19(30-3)21(32-5)20(13-17)31-4/h6-9,12-15H,10-11H2,1-5H3,(H,25,26,27,28). The molecule has 3 aromatic rings. The molecule has 0 aliphatic rings. The second-order valence-electron chi connectivity index (χ2n) is 7.46. The number of nitrogens with one attached hydrogen (secondary N) is 1. The molecule has 1 heterocycles. The van der Waals surface area contributed by atoms with Crippen molar-refractivity contribution in [1.29, 1.82) is 0 Å². The predicted molar refractivity (Wildman–Crippen MR) is 127 cm³/mol. The van der Waals surface area contributed by atoms with Gasteiger partial charge in [0.25, 0.3) is 0 Å². The zero-order chi connectivity index (χ0) is 23.1. The Hall–Kier alpha value is -3.26. The van der Waals surface area contributed by atoms with E-state index in [1.165, 1.54) is 6.33 Å². The maximum Gasteiger partial charge on any atom is 0.234 e. The Kier molecular flexibility index (Phi) is 7.94. The molecular weight excluding hydrogens is 430 g/mol. The first-order chi connectivity index (χ1) is 15.4. The van der Waals surface area contributed by atoms with Crippen LogP contribution >= 0.6 is 11.6 Å². The molecule has 0 bridgehead atoms. The molecule has 0 atom stereocenters. The second kappa shape index (κ2) is 10.9. The number of halogens is 1. The first kappa shape index (κ1) is 23.4. The fraction of sp³-hybridized carbons (Fsp3) is 0.348. The number of benzene rings is 2. The van der Waals surface area contributed by atoms with Crippen molar-refractivity contribution in [3.05, 3.63) is 47.7 Å². The molecular formula is C23H28ClN5O3. The first-order valence-electron chi connectivity index (χ1n) is 10.2. The fourth-order valence-corrected chi connectivity index (χ4v) is 3.24. The highest BCUT2D eigenvalue weighted by atomic mass is 35.5. The van der Waals surface area contributed by atoms with Crippen molar-refractivity contribution in [3.8, 4) is 17.2 Å². The molecule has 0 aliphatic heterocycles. The third-order valence-corrected chi connectivity index (χ3v) is 5.04. The van der Waals surface area contributed by atoms with E-state index in [2.05, 4.69) is 39.0 Å². The van der Waals surface area contributed by atoms with Crippen LogP contribution in [0, 0.1) is 5.92 Å². The lowest BCUT2D eigenvalue weighted by Gasteiger charge is -2.24. The summed E-state index contributed by atoms with van der Waals surface area (Å²) >= 11 is 6.08. The largest absolute Gasteiger partial charge is 0.493 e. The number of methoxy groups -OCH3 is 3. The maximum absolute atomic E-state index is 6.08. The van der Waals surface area contributed by atoms with Crippen LogP contribution in [-0.4, -0.2) is 42.8 Å². The van der Waals surface area contributed by atoms with E-state index in [4.69, 9.17) is 25.8 Å². The Morgan fingerprint density at radius 3 is 2.19 bits per heavy atom. The van der Waals surface area contributed by atoms with E-state index in [0.29, 0.717) is 45.8 Å². The average molecular weight is 458 g/mol. The fourth-order valence-electron chi connectivity index (χ4n) is 3.11. The minimum absolute atomic E-state index is 0.396. The molecule has 9 heteroatoms. The van der Waals surface area contributed by atoms with Crippen molar-refractivity contribution in [2.75, 3.05) is 38.1 Å². The van der Waals surface area contributed by atoms with Crippen molar-refractivity contribution < 1.29 is 14.2 Å². The predicted octanol–water partition coefficient (Wildman–Crippen LogP) is 5.48. The minimum Gasteiger partial charge on any atom is -0.493 e. The first-order valence-corrected chi connectivity index (χ1v) is 10.6. The van der Waals surface area contributed by atoms with E-state index >= 15 is 0 Å². The summed E-state index contributed by atoms with van der Waals surface area (Å²) in [6.45, 7) is 5.13. The van der Waals surface area contributed by atoms with Gasteiger partial charge in [-0.1, -0.05) is 25.4 Å². The van der Waals surface area contributed by atoms with Crippen LogP contribution in [0.2, 0.25) is 5.02 Å². The zero-order valence-electron chi connectivity index (χ0n) is 18.9. The average Bonchev–Trinajstić information content (AvgIpc) is 2.79. The normalized spacial score (nSPS) is 10.7. The summed E-state index contributed by atoms with van der Waals surface area (Å²) < 4.78 is 16.2. The summed E-state index contributed by atoms with van der Waals surface area (Å²) in [4.78, 5) is 15.4. The van der Waals surface area contributed by atoms with Crippen molar-refractivity contribution in [1.82, 2.24) is 15.0 Å². The highest BCUT2D eigenvalue weighted by Gasteiger charge is 2.16. The van der Waals surface area contributed by atoms with Gasteiger partial charge in [-0.05, 0) is 36.6 Å². The van der Waals surface area contributed by atoms with Crippen LogP contribution in [0.5, 0.6) is 17.2 Å². The smallest absolute Gasteiger partial charge is 0.234 e. The van der Waals surface area contributed by atoms with Gasteiger partial charge in [0.05, 0.1) is 21.3 Å². The van der Waals surface area contributed by atoms with Gasteiger partial charge < -0.3 is 24.4 Å². The van der Waals surface area contributed by atoms with E-state index in [9.17, 15) is 0 Å². The van der Waals surface area contributed by atoms with Gasteiger partial charge in [0.2, 0.25) is 17.6 Å². The number of ether oxygens (including phenoxy) is 3. The quantitative estimate of drug-likeness (QED) is 0.428. The second-order valence-corrected chi connectivity index (χ2v) is 7.90. The molecule has 2 aromatic carbocycles. The molecule has 1 aromatic heterocycles. The van der Waals surface area contributed by atoms with Gasteiger partial charge in [0, 0.05) is 35.1 Å². The van der Waals surface area contributed by atoms with Gasteiger partial charge in [0.15, 0.2) is 11.5 Å². The van der Waals surface area contributed by atoms with Crippen LogP contribution in [0.1, 0.15) is 20.3 Å². The summed E-state index contributed by atoms with van der Waals surface area (Å²) in [6.07, 6.45) is 2.46. The molecule has 0 spiro atoms. The number of nitrogens with zero attached hydrogens (tertiary/aromatic N) is 4. The SMILES string of the molecule is COc1cc(Nc2ncnc(N(CCC(C)C)c3ccc(Cl)cc3)n2)cc(OC)c1OC. The summed E-state index contributed by atoms with van der Waals surface area (Å²) in [5.41, 5.74) is 1.65. The minimum atomic E-state index is 0.396. The molecule has 170 valence electrons. The maximum atomic E-state index is 6.08. The van der Waals surface area contributed by atoms with E-state index < -0.39 is 0 Å². The Morgan fingerprint density at radius 2 is 1.62 bits per heavy atom. The molecule has 0 radical (unpaired) electrons. The Morgan fingerprint density at radius 1 is 0.969 bits per heavy atom. The van der Waals surface area contributed by atoms with E-state index in [0.717, 1.165) is 18.7 Å². The van der Waals surface area contributed by atoms with E-state index in [1.807, 2.05) is 24.3 Å². The molecule has 0 amide bonds. The number of rotatable bonds is 10. The monoisotopic (exact) mass is 457 g/mol. The topological polar surface area (TPSA) is 81.6 Å². The van der Waals surface area contributed by atoms with Gasteiger partial charge in [-0.3, -0.25) is 0 Å². The van der Waals surface area contributed by atoms with Crippen molar-refractivity contribution in [3.63, 3.8) is 0 Å². The Bertz CT molecular complexity index is 1010. The highest BCUT2D eigenvalue weighted by molar-refractivity contribution is 6.30. The van der Waals surface area contributed by atoms with Gasteiger partial charge in [0.1, 0.15) is 6.33 Å². The van der Waals surface area contributed by atoms with E-state index in [-0.39, 0.29) is 0 Å². The van der Waals surface area contributed by atoms with Gasteiger partial charge in [-0.15, -0.1) is 0 Å². The molecule has 0 fully saturated rings. The van der Waals surface area contributed by atoms with Gasteiger partial charge in [-0.25, -0.2) is 9.97 Å². The van der Waals surface area contributed by atoms with Crippen LogP contribution in [-0.2, 0) is 0 Å². The molecule has 1 N–H and O–H groups in total. The Balaban J connectivity index is 1.92. The third kappa shape index (κ3) is 5.70. The lowest BCUT2D eigenvalue weighted by Crippen LogP contribution is -2.22. The van der Waals surface area contributed by atoms with Crippen LogP contribution in [0.15, 0.2) is 42.7 Å². The number of aromatic nitrogens is 3. The van der Waals surface area contributed by atoms with Crippen LogP contribution < -0.4 is 24.4 Å². The molecule has 32 heavy (non-hydrogen) atoms. The molecule has 0 unspecified atom stereocenters. The summed E-state index contributed by atoms with van der Waals surface area (Å²) in [6, 6.07) is 11.2. The van der Waals surface area contributed by atoms with Gasteiger partial charge in [-0.2, -0.15) is 4.98 Å². The van der Waals surface area contributed by atoms with E-state index in [1.54, 1.807) is 33.5 Å². The molecule has 0 aliphatic carbocycles. The molecule has 0 saturated heterocycles. The number of anilines is 4. The zero-order valence-corrected chi connectivity index (χ0v) is 19.7. The number of hydrogen-bond acceptors (Lipinski definition) is 8. The lowest BCUT2D eigenvalue weighted by molar-refractivity contribution is 0.324. The summed E-state index contributed by atoms with van der Waals surface area (Å²) in [5.74, 6) is 3.04. The third-order valence-electron chi connectivity index (χ3n) is 4.79.